The maximum atomic E-state index is 13.0. The predicted molar refractivity (Wildman–Crippen MR) is 147 cm³/mol. The molecular weight excluding hydrogens is 564 g/mol. The molecule has 184 valence electrons. The Morgan fingerprint density at radius 1 is 1.11 bits per heavy atom. The number of benzene rings is 3. The summed E-state index contributed by atoms with van der Waals surface area (Å²) in [4.78, 5) is 39.4. The van der Waals surface area contributed by atoms with E-state index in [2.05, 4.69) is 21.2 Å². The molecule has 4 rings (SSSR count). The van der Waals surface area contributed by atoms with Crippen molar-refractivity contribution in [3.63, 3.8) is 0 Å². The zero-order valence-electron chi connectivity index (χ0n) is 19.5. The lowest BCUT2D eigenvalue weighted by molar-refractivity contribution is -0.127. The SMILES string of the molecule is Cc1cccc(NC(=O)CN2C(=O)S/C(=C/c3cc(Br)ccc3OCc3ccccc3Cl)C2=O)c1C. The monoisotopic (exact) mass is 584 g/mol. The van der Waals surface area contributed by atoms with E-state index in [0.29, 0.717) is 22.0 Å². The van der Waals surface area contributed by atoms with Crippen LogP contribution in [0.3, 0.4) is 0 Å². The van der Waals surface area contributed by atoms with Gasteiger partial charge in [0, 0.05) is 26.3 Å². The van der Waals surface area contributed by atoms with E-state index in [4.69, 9.17) is 16.3 Å². The van der Waals surface area contributed by atoms with E-state index in [-0.39, 0.29) is 18.1 Å². The molecule has 1 aliphatic heterocycles. The second kappa shape index (κ2) is 11.3. The molecule has 1 saturated heterocycles. The summed E-state index contributed by atoms with van der Waals surface area (Å²) in [5, 5.41) is 2.88. The third-order valence-electron chi connectivity index (χ3n) is 5.65. The molecule has 0 radical (unpaired) electrons. The van der Waals surface area contributed by atoms with Crippen LogP contribution >= 0.6 is 39.3 Å². The third kappa shape index (κ3) is 6.00. The van der Waals surface area contributed by atoms with E-state index in [1.807, 2.05) is 50.2 Å². The zero-order valence-corrected chi connectivity index (χ0v) is 22.7. The predicted octanol–water partition coefficient (Wildman–Crippen LogP) is 6.97. The van der Waals surface area contributed by atoms with E-state index >= 15 is 0 Å². The number of nitrogens with zero attached hydrogens (tertiary/aromatic N) is 1. The van der Waals surface area contributed by atoms with E-state index in [1.54, 1.807) is 30.3 Å². The zero-order chi connectivity index (χ0) is 25.8. The summed E-state index contributed by atoms with van der Waals surface area (Å²) in [6.07, 6.45) is 1.60. The van der Waals surface area contributed by atoms with Crippen molar-refractivity contribution in [2.24, 2.45) is 0 Å². The molecule has 0 aromatic heterocycles. The molecule has 3 aromatic carbocycles. The van der Waals surface area contributed by atoms with Crippen LogP contribution in [-0.2, 0) is 16.2 Å². The molecule has 9 heteroatoms. The maximum Gasteiger partial charge on any atom is 0.294 e. The van der Waals surface area contributed by atoms with E-state index in [9.17, 15) is 14.4 Å². The molecule has 1 N–H and O–H groups in total. The molecule has 0 unspecified atom stereocenters. The first-order valence-electron chi connectivity index (χ1n) is 11.0. The highest BCUT2D eigenvalue weighted by atomic mass is 79.9. The molecule has 0 bridgehead atoms. The second-order valence-corrected chi connectivity index (χ2v) is 10.4. The largest absolute Gasteiger partial charge is 0.488 e. The van der Waals surface area contributed by atoms with Crippen LogP contribution in [-0.4, -0.2) is 28.5 Å². The number of halogens is 2. The number of hydrogen-bond donors (Lipinski definition) is 1. The number of imide groups is 1. The molecule has 36 heavy (non-hydrogen) atoms. The number of anilines is 1. The first-order chi connectivity index (χ1) is 17.2. The van der Waals surface area contributed by atoms with Crippen molar-refractivity contribution >= 4 is 68.1 Å². The van der Waals surface area contributed by atoms with Crippen LogP contribution in [0.4, 0.5) is 10.5 Å². The fourth-order valence-corrected chi connectivity index (χ4v) is 4.93. The number of amides is 3. The van der Waals surface area contributed by atoms with Crippen LogP contribution in [0.5, 0.6) is 5.75 Å². The minimum atomic E-state index is -0.529. The number of carbonyl (C=O) groups excluding carboxylic acids is 3. The lowest BCUT2D eigenvalue weighted by atomic mass is 10.1. The maximum absolute atomic E-state index is 13.0. The van der Waals surface area contributed by atoms with Crippen LogP contribution in [0.25, 0.3) is 6.08 Å². The number of nitrogens with one attached hydrogen (secondary N) is 1. The second-order valence-electron chi connectivity index (χ2n) is 8.13. The Bertz CT molecular complexity index is 1390. The summed E-state index contributed by atoms with van der Waals surface area (Å²) in [6, 6.07) is 18.3. The number of carbonyl (C=O) groups is 3. The van der Waals surface area contributed by atoms with Gasteiger partial charge in [-0.2, -0.15) is 0 Å². The first kappa shape index (κ1) is 26.0. The summed E-state index contributed by atoms with van der Waals surface area (Å²) < 4.78 is 6.76. The highest BCUT2D eigenvalue weighted by molar-refractivity contribution is 9.10. The standard InChI is InChI=1S/C27H22BrClN2O4S/c1-16-6-5-9-22(17(16)2)30-25(32)14-31-26(33)24(36-27(31)34)13-19-12-20(28)10-11-23(19)35-15-18-7-3-4-8-21(18)29/h3-13H,14-15H2,1-2H3,(H,30,32)/b24-13+. The van der Waals surface area contributed by atoms with Crippen molar-refractivity contribution < 1.29 is 19.1 Å². The van der Waals surface area contributed by atoms with Crippen molar-refractivity contribution in [3.8, 4) is 5.75 Å². The summed E-state index contributed by atoms with van der Waals surface area (Å²) in [6.45, 7) is 3.71. The molecule has 1 heterocycles. The highest BCUT2D eigenvalue weighted by Crippen LogP contribution is 2.35. The van der Waals surface area contributed by atoms with Crippen molar-refractivity contribution in [1.82, 2.24) is 4.90 Å². The van der Waals surface area contributed by atoms with Gasteiger partial charge < -0.3 is 10.1 Å². The van der Waals surface area contributed by atoms with Crippen LogP contribution in [0, 0.1) is 13.8 Å². The quantitative estimate of drug-likeness (QED) is 0.303. The van der Waals surface area contributed by atoms with Gasteiger partial charge in [-0.1, -0.05) is 57.9 Å². The molecular formula is C27H22BrClN2O4S. The van der Waals surface area contributed by atoms with Gasteiger partial charge in [0.05, 0.1) is 4.91 Å². The number of aryl methyl sites for hydroxylation is 1. The lowest BCUT2D eigenvalue weighted by Crippen LogP contribution is -2.36. The average molecular weight is 586 g/mol. The van der Waals surface area contributed by atoms with Crippen LogP contribution < -0.4 is 10.1 Å². The smallest absolute Gasteiger partial charge is 0.294 e. The number of thioether (sulfide) groups is 1. The number of rotatable bonds is 7. The van der Waals surface area contributed by atoms with Crippen molar-refractivity contribution in [1.29, 1.82) is 0 Å². The topological polar surface area (TPSA) is 75.7 Å². The molecule has 3 aromatic rings. The summed E-state index contributed by atoms with van der Waals surface area (Å²) >= 11 is 10.5. The minimum Gasteiger partial charge on any atom is -0.488 e. The molecule has 0 spiro atoms. The molecule has 0 saturated carbocycles. The molecule has 0 atom stereocenters. The normalized spacial score (nSPS) is 14.4. The summed E-state index contributed by atoms with van der Waals surface area (Å²) in [7, 11) is 0. The molecule has 1 fully saturated rings. The van der Waals surface area contributed by atoms with Crippen molar-refractivity contribution in [2.75, 3.05) is 11.9 Å². The van der Waals surface area contributed by atoms with Crippen LogP contribution in [0.1, 0.15) is 22.3 Å². The van der Waals surface area contributed by atoms with Gasteiger partial charge in [-0.05, 0) is 73.1 Å². The highest BCUT2D eigenvalue weighted by Gasteiger charge is 2.36. The Kier molecular flexibility index (Phi) is 8.18. The summed E-state index contributed by atoms with van der Waals surface area (Å²) in [5.41, 5.74) is 4.05. The van der Waals surface area contributed by atoms with E-state index in [1.165, 1.54) is 0 Å². The van der Waals surface area contributed by atoms with Gasteiger partial charge in [-0.25, -0.2) is 0 Å². The molecule has 6 nitrogen and oxygen atoms in total. The van der Waals surface area contributed by atoms with Crippen LogP contribution in [0.15, 0.2) is 70.0 Å². The summed E-state index contributed by atoms with van der Waals surface area (Å²) in [5.74, 6) is -0.450. The van der Waals surface area contributed by atoms with Crippen molar-refractivity contribution in [3.05, 3.63) is 97.3 Å². The molecule has 3 amide bonds. The Balaban J connectivity index is 1.50. The Morgan fingerprint density at radius 2 is 1.89 bits per heavy atom. The fraction of sp³-hybridized carbons (Fsp3) is 0.148. The molecule has 0 aliphatic carbocycles. The van der Waals surface area contributed by atoms with Crippen LogP contribution in [0.2, 0.25) is 5.02 Å². The van der Waals surface area contributed by atoms with E-state index in [0.717, 1.165) is 37.8 Å². The Morgan fingerprint density at radius 3 is 2.67 bits per heavy atom. The first-order valence-corrected chi connectivity index (χ1v) is 13.0. The lowest BCUT2D eigenvalue weighted by Gasteiger charge is -2.14. The Hall–Kier alpha value is -3.07. The van der Waals surface area contributed by atoms with Gasteiger partial charge in [0.2, 0.25) is 5.91 Å². The van der Waals surface area contributed by atoms with Crippen molar-refractivity contribution in [2.45, 2.75) is 20.5 Å². The van der Waals surface area contributed by atoms with Gasteiger partial charge in [0.15, 0.2) is 0 Å². The number of hydrogen-bond acceptors (Lipinski definition) is 5. The van der Waals surface area contributed by atoms with Gasteiger partial charge in [0.25, 0.3) is 11.1 Å². The Labute approximate surface area is 226 Å². The van der Waals surface area contributed by atoms with Gasteiger partial charge in [-0.15, -0.1) is 0 Å². The molecule has 1 aliphatic rings. The van der Waals surface area contributed by atoms with Gasteiger partial charge in [-0.3, -0.25) is 19.3 Å². The van der Waals surface area contributed by atoms with Gasteiger partial charge >= 0.3 is 0 Å². The number of ether oxygens (including phenoxy) is 1. The van der Waals surface area contributed by atoms with Gasteiger partial charge in [0.1, 0.15) is 18.9 Å². The third-order valence-corrected chi connectivity index (χ3v) is 7.42. The van der Waals surface area contributed by atoms with E-state index < -0.39 is 17.1 Å². The average Bonchev–Trinajstić information content (AvgIpc) is 3.09. The minimum absolute atomic E-state index is 0.209. The fourth-order valence-electron chi connectivity index (χ4n) is 3.53.